The largest absolute Gasteiger partial charge is 0.356 e. The lowest BCUT2D eigenvalue weighted by molar-refractivity contribution is -0.115. The number of rotatable bonds is 3. The molecule has 1 N–H and O–H groups in total. The monoisotopic (exact) mass is 287 g/mol. The maximum Gasteiger partial charge on any atom is 0.230 e. The molecule has 0 fully saturated rings. The number of pyridine rings is 1. The summed E-state index contributed by atoms with van der Waals surface area (Å²) in [5.41, 5.74) is 1.88. The van der Waals surface area contributed by atoms with Crippen LogP contribution in [0.15, 0.2) is 47.1 Å². The highest BCUT2D eigenvalue weighted by Gasteiger charge is 2.12. The SMILES string of the molecule is O=C(Cc1noc2ccccc12)Nc1ccnc(Cl)c1. The van der Waals surface area contributed by atoms with Crippen LogP contribution in [0.5, 0.6) is 0 Å². The van der Waals surface area contributed by atoms with Gasteiger partial charge in [0, 0.05) is 17.3 Å². The van der Waals surface area contributed by atoms with E-state index in [1.165, 1.54) is 6.20 Å². The van der Waals surface area contributed by atoms with Gasteiger partial charge in [-0.1, -0.05) is 28.9 Å². The number of hydrogen-bond donors (Lipinski definition) is 1. The Balaban J connectivity index is 1.76. The summed E-state index contributed by atoms with van der Waals surface area (Å²) in [5.74, 6) is -0.189. The second kappa shape index (κ2) is 5.30. The van der Waals surface area contributed by atoms with Gasteiger partial charge in [-0.05, 0) is 24.3 Å². The first-order chi connectivity index (χ1) is 9.72. The molecule has 0 aliphatic rings. The number of fused-ring (bicyclic) bond motifs is 1. The van der Waals surface area contributed by atoms with Crippen LogP contribution in [0.25, 0.3) is 11.0 Å². The number of halogens is 1. The molecule has 0 bridgehead atoms. The Morgan fingerprint density at radius 1 is 1.30 bits per heavy atom. The maximum atomic E-state index is 12.0. The van der Waals surface area contributed by atoms with Crippen LogP contribution >= 0.6 is 11.6 Å². The van der Waals surface area contributed by atoms with E-state index >= 15 is 0 Å². The van der Waals surface area contributed by atoms with E-state index < -0.39 is 0 Å². The minimum absolute atomic E-state index is 0.136. The highest BCUT2D eigenvalue weighted by Crippen LogP contribution is 2.19. The summed E-state index contributed by atoms with van der Waals surface area (Å²) < 4.78 is 5.16. The fourth-order valence-electron chi connectivity index (χ4n) is 1.90. The lowest BCUT2D eigenvalue weighted by Crippen LogP contribution is -2.14. The second-order valence-electron chi connectivity index (χ2n) is 4.22. The molecule has 2 aromatic heterocycles. The fraction of sp³-hybridized carbons (Fsp3) is 0.0714. The van der Waals surface area contributed by atoms with E-state index in [4.69, 9.17) is 16.1 Å². The zero-order valence-electron chi connectivity index (χ0n) is 10.3. The quantitative estimate of drug-likeness (QED) is 0.752. The van der Waals surface area contributed by atoms with E-state index in [2.05, 4.69) is 15.5 Å². The third kappa shape index (κ3) is 2.62. The molecule has 0 aliphatic heterocycles. The predicted molar refractivity (Wildman–Crippen MR) is 75.6 cm³/mol. The van der Waals surface area contributed by atoms with Crippen molar-refractivity contribution in [2.24, 2.45) is 0 Å². The van der Waals surface area contributed by atoms with E-state index in [1.54, 1.807) is 12.1 Å². The number of nitrogens with zero attached hydrogens (tertiary/aromatic N) is 2. The molecule has 0 spiro atoms. The van der Waals surface area contributed by atoms with Crippen LogP contribution in [0.1, 0.15) is 5.69 Å². The van der Waals surface area contributed by atoms with E-state index in [0.717, 1.165) is 5.39 Å². The first-order valence-electron chi connectivity index (χ1n) is 5.97. The second-order valence-corrected chi connectivity index (χ2v) is 4.60. The number of aromatic nitrogens is 2. The highest BCUT2D eigenvalue weighted by molar-refractivity contribution is 6.29. The molecule has 5 nitrogen and oxygen atoms in total. The molecule has 0 saturated carbocycles. The highest BCUT2D eigenvalue weighted by atomic mass is 35.5. The van der Waals surface area contributed by atoms with Crippen LogP contribution in [-0.4, -0.2) is 16.0 Å². The van der Waals surface area contributed by atoms with Gasteiger partial charge in [-0.3, -0.25) is 4.79 Å². The van der Waals surface area contributed by atoms with Crippen molar-refractivity contribution in [2.45, 2.75) is 6.42 Å². The number of hydrogen-bond acceptors (Lipinski definition) is 4. The third-order valence-electron chi connectivity index (χ3n) is 2.79. The van der Waals surface area contributed by atoms with Gasteiger partial charge in [-0.2, -0.15) is 0 Å². The molecule has 0 radical (unpaired) electrons. The molecule has 1 amide bonds. The Bertz CT molecular complexity index is 770. The third-order valence-corrected chi connectivity index (χ3v) is 3.00. The van der Waals surface area contributed by atoms with Crippen molar-refractivity contribution < 1.29 is 9.32 Å². The van der Waals surface area contributed by atoms with Gasteiger partial charge >= 0.3 is 0 Å². The Hall–Kier alpha value is -2.40. The molecule has 3 aromatic rings. The normalized spacial score (nSPS) is 10.7. The number of carbonyl (C=O) groups is 1. The fourth-order valence-corrected chi connectivity index (χ4v) is 2.08. The number of carbonyl (C=O) groups excluding carboxylic acids is 1. The molecule has 0 saturated heterocycles. The number of nitrogens with one attached hydrogen (secondary N) is 1. The maximum absolute atomic E-state index is 12.0. The first-order valence-corrected chi connectivity index (χ1v) is 6.35. The Morgan fingerprint density at radius 3 is 3.00 bits per heavy atom. The van der Waals surface area contributed by atoms with Gasteiger partial charge in [0.15, 0.2) is 5.58 Å². The van der Waals surface area contributed by atoms with Crippen molar-refractivity contribution in [1.82, 2.24) is 10.1 Å². The smallest absolute Gasteiger partial charge is 0.230 e. The first kappa shape index (κ1) is 12.6. The number of para-hydroxylation sites is 1. The number of amides is 1. The average Bonchev–Trinajstić information content (AvgIpc) is 2.82. The molecule has 3 rings (SSSR count). The number of benzene rings is 1. The molecular weight excluding hydrogens is 278 g/mol. The molecule has 100 valence electrons. The molecule has 0 aliphatic carbocycles. The Labute approximate surface area is 119 Å². The van der Waals surface area contributed by atoms with Crippen molar-refractivity contribution in [3.05, 3.63) is 53.4 Å². The van der Waals surface area contributed by atoms with Crippen molar-refractivity contribution in [3.63, 3.8) is 0 Å². The summed E-state index contributed by atoms with van der Waals surface area (Å²) in [5, 5.41) is 7.83. The van der Waals surface area contributed by atoms with Crippen LogP contribution in [-0.2, 0) is 11.2 Å². The minimum atomic E-state index is -0.189. The van der Waals surface area contributed by atoms with Crippen molar-refractivity contribution >= 4 is 34.2 Å². The summed E-state index contributed by atoms with van der Waals surface area (Å²) in [6.45, 7) is 0. The van der Waals surface area contributed by atoms with Crippen LogP contribution in [0.3, 0.4) is 0 Å². The lowest BCUT2D eigenvalue weighted by atomic mass is 10.1. The van der Waals surface area contributed by atoms with Crippen LogP contribution in [0.2, 0.25) is 5.15 Å². The summed E-state index contributed by atoms with van der Waals surface area (Å²) in [6.07, 6.45) is 1.67. The van der Waals surface area contributed by atoms with Crippen molar-refractivity contribution in [2.75, 3.05) is 5.32 Å². The van der Waals surface area contributed by atoms with Crippen LogP contribution in [0, 0.1) is 0 Å². The van der Waals surface area contributed by atoms with Crippen molar-refractivity contribution in [1.29, 1.82) is 0 Å². The summed E-state index contributed by atoms with van der Waals surface area (Å²) in [7, 11) is 0. The molecule has 0 unspecified atom stereocenters. The van der Waals surface area contributed by atoms with Gasteiger partial charge < -0.3 is 9.84 Å². The molecule has 6 heteroatoms. The Morgan fingerprint density at radius 2 is 2.15 bits per heavy atom. The summed E-state index contributed by atoms with van der Waals surface area (Å²) in [6, 6.07) is 10.7. The van der Waals surface area contributed by atoms with E-state index in [-0.39, 0.29) is 12.3 Å². The van der Waals surface area contributed by atoms with Gasteiger partial charge in [0.1, 0.15) is 10.8 Å². The van der Waals surface area contributed by atoms with Gasteiger partial charge in [0.25, 0.3) is 0 Å². The van der Waals surface area contributed by atoms with Gasteiger partial charge in [-0.15, -0.1) is 0 Å². The van der Waals surface area contributed by atoms with E-state index in [0.29, 0.717) is 22.1 Å². The topological polar surface area (TPSA) is 68.0 Å². The lowest BCUT2D eigenvalue weighted by Gasteiger charge is -2.03. The molecule has 20 heavy (non-hydrogen) atoms. The van der Waals surface area contributed by atoms with E-state index in [9.17, 15) is 4.79 Å². The molecular formula is C14H10ClN3O2. The molecule has 0 atom stereocenters. The van der Waals surface area contributed by atoms with Gasteiger partial charge in [-0.25, -0.2) is 4.98 Å². The van der Waals surface area contributed by atoms with Gasteiger partial charge in [0.2, 0.25) is 5.91 Å². The minimum Gasteiger partial charge on any atom is -0.356 e. The zero-order valence-corrected chi connectivity index (χ0v) is 11.1. The average molecular weight is 288 g/mol. The molecule has 1 aromatic carbocycles. The van der Waals surface area contributed by atoms with Crippen molar-refractivity contribution in [3.8, 4) is 0 Å². The van der Waals surface area contributed by atoms with Gasteiger partial charge in [0.05, 0.1) is 6.42 Å². The summed E-state index contributed by atoms with van der Waals surface area (Å²) >= 11 is 5.76. The zero-order chi connectivity index (χ0) is 13.9. The molecule has 2 heterocycles. The number of anilines is 1. The van der Waals surface area contributed by atoms with Crippen LogP contribution < -0.4 is 5.32 Å². The Kier molecular flexibility index (Phi) is 3.35. The van der Waals surface area contributed by atoms with Crippen LogP contribution in [0.4, 0.5) is 5.69 Å². The van der Waals surface area contributed by atoms with E-state index in [1.807, 2.05) is 24.3 Å². The standard InChI is InChI=1S/C14H10ClN3O2/c15-13-7-9(5-6-16-13)17-14(19)8-11-10-3-1-2-4-12(10)20-18-11/h1-7H,8H2,(H,16,17,19). The predicted octanol–water partition coefficient (Wildman–Crippen LogP) is 3.06. The summed E-state index contributed by atoms with van der Waals surface area (Å²) in [4.78, 5) is 15.8.